The predicted octanol–water partition coefficient (Wildman–Crippen LogP) is 2.87. The molecular formula is C21H24ClN3O3S. The van der Waals surface area contributed by atoms with Crippen molar-refractivity contribution in [3.05, 3.63) is 58.6 Å². The molecule has 2 aliphatic heterocycles. The number of rotatable bonds is 3. The van der Waals surface area contributed by atoms with E-state index < -0.39 is 10.0 Å². The fraction of sp³-hybridized carbons (Fsp3) is 0.381. The minimum Gasteiger partial charge on any atom is -0.308 e. The number of amides is 1. The zero-order valence-corrected chi connectivity index (χ0v) is 17.9. The summed E-state index contributed by atoms with van der Waals surface area (Å²) < 4.78 is 27.7. The van der Waals surface area contributed by atoms with Crippen molar-refractivity contribution < 1.29 is 13.2 Å². The second-order valence-electron chi connectivity index (χ2n) is 7.57. The molecule has 6 nitrogen and oxygen atoms in total. The lowest BCUT2D eigenvalue weighted by Crippen LogP contribution is -2.47. The summed E-state index contributed by atoms with van der Waals surface area (Å²) in [6.45, 7) is 3.05. The second kappa shape index (κ2) is 8.07. The average Bonchev–Trinajstić information content (AvgIpc) is 2.72. The van der Waals surface area contributed by atoms with E-state index >= 15 is 0 Å². The Balaban J connectivity index is 1.63. The van der Waals surface area contributed by atoms with Crippen molar-refractivity contribution in [2.45, 2.75) is 17.7 Å². The van der Waals surface area contributed by atoms with E-state index in [1.165, 1.54) is 0 Å². The number of nitrogens with zero attached hydrogens (tertiary/aromatic N) is 3. The number of anilines is 1. The SMILES string of the molecule is CN1CCN(S(=O)(=O)c2ccc3c(c2)CCCN3C(=O)c2cccc(Cl)c2)CC1. The van der Waals surface area contributed by atoms with Gasteiger partial charge in [-0.25, -0.2) is 8.42 Å². The minimum atomic E-state index is -3.53. The number of carbonyl (C=O) groups excluding carboxylic acids is 1. The van der Waals surface area contributed by atoms with Crippen LogP contribution >= 0.6 is 11.6 Å². The molecule has 0 unspecified atom stereocenters. The molecule has 1 fully saturated rings. The van der Waals surface area contributed by atoms with Gasteiger partial charge in [0.2, 0.25) is 10.0 Å². The van der Waals surface area contributed by atoms with Gasteiger partial charge >= 0.3 is 0 Å². The quantitative estimate of drug-likeness (QED) is 0.746. The summed E-state index contributed by atoms with van der Waals surface area (Å²) in [5.74, 6) is -0.122. The van der Waals surface area contributed by atoms with E-state index in [9.17, 15) is 13.2 Å². The van der Waals surface area contributed by atoms with Gasteiger partial charge in [0, 0.05) is 49.0 Å². The molecule has 2 aromatic rings. The summed E-state index contributed by atoms with van der Waals surface area (Å²) in [7, 11) is -1.53. The van der Waals surface area contributed by atoms with Crippen LogP contribution < -0.4 is 4.90 Å². The molecule has 0 radical (unpaired) electrons. The third kappa shape index (κ3) is 4.05. The molecule has 2 aliphatic rings. The van der Waals surface area contributed by atoms with Crippen LogP contribution in [0.25, 0.3) is 0 Å². The number of hydrogen-bond acceptors (Lipinski definition) is 4. The van der Waals surface area contributed by atoms with Gasteiger partial charge in [-0.15, -0.1) is 0 Å². The largest absolute Gasteiger partial charge is 0.308 e. The lowest BCUT2D eigenvalue weighted by molar-refractivity contribution is 0.0985. The molecule has 0 aromatic heterocycles. The van der Waals surface area contributed by atoms with E-state index in [2.05, 4.69) is 4.90 Å². The van der Waals surface area contributed by atoms with Gasteiger partial charge in [-0.3, -0.25) is 4.79 Å². The second-order valence-corrected chi connectivity index (χ2v) is 9.94. The summed E-state index contributed by atoms with van der Waals surface area (Å²) in [5.41, 5.74) is 2.19. The first-order valence-corrected chi connectivity index (χ1v) is 11.6. The maximum Gasteiger partial charge on any atom is 0.258 e. The molecule has 0 aliphatic carbocycles. The van der Waals surface area contributed by atoms with Crippen LogP contribution in [-0.4, -0.2) is 63.3 Å². The lowest BCUT2D eigenvalue weighted by Gasteiger charge is -2.33. The highest BCUT2D eigenvalue weighted by Crippen LogP contribution is 2.32. The monoisotopic (exact) mass is 433 g/mol. The summed E-state index contributed by atoms with van der Waals surface area (Å²) in [6, 6.07) is 12.0. The zero-order chi connectivity index (χ0) is 20.6. The van der Waals surface area contributed by atoms with Crippen LogP contribution in [0.15, 0.2) is 47.4 Å². The number of hydrogen-bond donors (Lipinski definition) is 0. The van der Waals surface area contributed by atoms with Gasteiger partial charge in [0.05, 0.1) is 4.90 Å². The first-order chi connectivity index (χ1) is 13.9. The number of aryl methyl sites for hydroxylation is 1. The third-order valence-electron chi connectivity index (χ3n) is 5.59. The van der Waals surface area contributed by atoms with E-state index in [0.29, 0.717) is 35.1 Å². The average molecular weight is 434 g/mol. The minimum absolute atomic E-state index is 0.122. The highest BCUT2D eigenvalue weighted by molar-refractivity contribution is 7.89. The molecule has 2 heterocycles. The summed E-state index contributed by atoms with van der Waals surface area (Å²) in [6.07, 6.45) is 1.54. The zero-order valence-electron chi connectivity index (χ0n) is 16.3. The topological polar surface area (TPSA) is 60.9 Å². The third-order valence-corrected chi connectivity index (χ3v) is 7.72. The smallest absolute Gasteiger partial charge is 0.258 e. The van der Waals surface area contributed by atoms with Crippen LogP contribution in [0.2, 0.25) is 5.02 Å². The fourth-order valence-electron chi connectivity index (χ4n) is 3.90. The van der Waals surface area contributed by atoms with Gasteiger partial charge in [0.15, 0.2) is 0 Å². The fourth-order valence-corrected chi connectivity index (χ4v) is 5.56. The molecule has 4 rings (SSSR count). The van der Waals surface area contributed by atoms with E-state index in [1.54, 1.807) is 51.7 Å². The van der Waals surface area contributed by atoms with Crippen LogP contribution in [0.4, 0.5) is 5.69 Å². The Labute approximate surface area is 176 Å². The molecular weight excluding hydrogens is 410 g/mol. The van der Waals surface area contributed by atoms with Crippen molar-refractivity contribution in [2.75, 3.05) is 44.7 Å². The highest BCUT2D eigenvalue weighted by Gasteiger charge is 2.30. The van der Waals surface area contributed by atoms with Crippen LogP contribution in [0.1, 0.15) is 22.3 Å². The molecule has 1 amide bonds. The Morgan fingerprint density at radius 3 is 2.48 bits per heavy atom. The Morgan fingerprint density at radius 2 is 1.76 bits per heavy atom. The van der Waals surface area contributed by atoms with Crippen molar-refractivity contribution in [3.63, 3.8) is 0 Å². The number of carbonyl (C=O) groups is 1. The summed E-state index contributed by atoms with van der Waals surface area (Å²) >= 11 is 6.04. The molecule has 29 heavy (non-hydrogen) atoms. The molecule has 0 N–H and O–H groups in total. The number of piperazine rings is 1. The molecule has 8 heteroatoms. The number of fused-ring (bicyclic) bond motifs is 1. The number of benzene rings is 2. The van der Waals surface area contributed by atoms with Crippen molar-refractivity contribution in [1.82, 2.24) is 9.21 Å². The van der Waals surface area contributed by atoms with Crippen LogP contribution in [0.5, 0.6) is 0 Å². The van der Waals surface area contributed by atoms with E-state index in [1.807, 2.05) is 7.05 Å². The molecule has 0 bridgehead atoms. The molecule has 0 atom stereocenters. The normalized spacial score (nSPS) is 18.5. The molecule has 0 saturated carbocycles. The number of likely N-dealkylation sites (N-methyl/N-ethyl adjacent to an activating group) is 1. The molecule has 2 aromatic carbocycles. The van der Waals surface area contributed by atoms with Gasteiger partial charge in [-0.1, -0.05) is 17.7 Å². The molecule has 154 valence electrons. The van der Waals surface area contributed by atoms with Crippen LogP contribution in [0.3, 0.4) is 0 Å². The standard InChI is InChI=1S/C21H24ClN3O3S/c1-23-10-12-24(13-11-23)29(27,28)19-7-8-20-16(15-19)5-3-9-25(20)21(26)17-4-2-6-18(22)14-17/h2,4,6-8,14-15H,3,5,9-13H2,1H3. The predicted molar refractivity (Wildman–Crippen MR) is 114 cm³/mol. The molecule has 0 spiro atoms. The van der Waals surface area contributed by atoms with Gasteiger partial charge in [-0.05, 0) is 61.9 Å². The van der Waals surface area contributed by atoms with Crippen LogP contribution in [-0.2, 0) is 16.4 Å². The Hall–Kier alpha value is -1.93. The van der Waals surface area contributed by atoms with Gasteiger partial charge in [0.1, 0.15) is 0 Å². The van der Waals surface area contributed by atoms with Crippen molar-refractivity contribution >= 4 is 33.2 Å². The maximum absolute atomic E-state index is 13.1. The van der Waals surface area contributed by atoms with Gasteiger partial charge < -0.3 is 9.80 Å². The summed E-state index contributed by atoms with van der Waals surface area (Å²) in [4.78, 5) is 17.2. The van der Waals surface area contributed by atoms with E-state index in [-0.39, 0.29) is 5.91 Å². The van der Waals surface area contributed by atoms with Gasteiger partial charge in [0.25, 0.3) is 5.91 Å². The Morgan fingerprint density at radius 1 is 1.00 bits per heavy atom. The van der Waals surface area contributed by atoms with E-state index in [4.69, 9.17) is 11.6 Å². The first-order valence-electron chi connectivity index (χ1n) is 9.75. The maximum atomic E-state index is 13.1. The number of sulfonamides is 1. The highest BCUT2D eigenvalue weighted by atomic mass is 35.5. The summed E-state index contributed by atoms with van der Waals surface area (Å²) in [5, 5.41) is 0.515. The van der Waals surface area contributed by atoms with Gasteiger partial charge in [-0.2, -0.15) is 4.31 Å². The first kappa shape index (κ1) is 20.3. The van der Waals surface area contributed by atoms with E-state index in [0.717, 1.165) is 37.2 Å². The molecule has 1 saturated heterocycles. The van der Waals surface area contributed by atoms with Crippen LogP contribution in [0, 0.1) is 0 Å². The number of halogens is 1. The Kier molecular flexibility index (Phi) is 5.66. The van der Waals surface area contributed by atoms with Crippen molar-refractivity contribution in [2.24, 2.45) is 0 Å². The Bertz CT molecular complexity index is 1030. The lowest BCUT2D eigenvalue weighted by atomic mass is 10.0. The van der Waals surface area contributed by atoms with Crippen molar-refractivity contribution in [1.29, 1.82) is 0 Å². The van der Waals surface area contributed by atoms with Crippen molar-refractivity contribution in [3.8, 4) is 0 Å².